The lowest BCUT2D eigenvalue weighted by Gasteiger charge is -2.07. The van der Waals surface area contributed by atoms with Crippen LogP contribution in [0.2, 0.25) is 0 Å². The highest BCUT2D eigenvalue weighted by Crippen LogP contribution is 2.27. The Hall–Kier alpha value is -4.06. The van der Waals surface area contributed by atoms with E-state index in [0.717, 1.165) is 28.1 Å². The standard InChI is InChI=1S/C25H23N3O3/c1-29-23-14-13-19(15-24(23)30-2)16-26-31-18-21-17-28(22-11-7-4-8-12-22)27-25(21)20-9-5-3-6-10-20/h3-17H,18H2,1-2H3/b26-16-. The Balaban J connectivity index is 1.54. The number of hydrogen-bond acceptors (Lipinski definition) is 5. The van der Waals surface area contributed by atoms with Gasteiger partial charge in [0.2, 0.25) is 0 Å². The lowest BCUT2D eigenvalue weighted by molar-refractivity contribution is 0.132. The van der Waals surface area contributed by atoms with Crippen LogP contribution in [0.1, 0.15) is 11.1 Å². The van der Waals surface area contributed by atoms with E-state index in [1.807, 2.05) is 89.7 Å². The minimum atomic E-state index is 0.293. The van der Waals surface area contributed by atoms with Gasteiger partial charge in [-0.1, -0.05) is 53.7 Å². The summed E-state index contributed by atoms with van der Waals surface area (Å²) in [7, 11) is 3.21. The van der Waals surface area contributed by atoms with Gasteiger partial charge in [-0.25, -0.2) is 4.68 Å². The first-order valence-electron chi connectivity index (χ1n) is 9.85. The molecule has 0 spiro atoms. The highest BCUT2D eigenvalue weighted by molar-refractivity contribution is 5.80. The molecular formula is C25H23N3O3. The van der Waals surface area contributed by atoms with Crippen LogP contribution in [0.25, 0.3) is 16.9 Å². The van der Waals surface area contributed by atoms with E-state index >= 15 is 0 Å². The third-order valence-electron chi connectivity index (χ3n) is 4.76. The predicted octanol–water partition coefficient (Wildman–Crippen LogP) is 5.11. The van der Waals surface area contributed by atoms with Crippen LogP contribution >= 0.6 is 0 Å². The summed E-state index contributed by atoms with van der Waals surface area (Å²) in [4.78, 5) is 5.61. The lowest BCUT2D eigenvalue weighted by Crippen LogP contribution is -1.93. The molecule has 0 atom stereocenters. The van der Waals surface area contributed by atoms with Gasteiger partial charge in [-0.2, -0.15) is 5.10 Å². The Bertz CT molecular complexity index is 1160. The van der Waals surface area contributed by atoms with Crippen LogP contribution in [-0.2, 0) is 11.4 Å². The number of ether oxygens (including phenoxy) is 2. The maximum Gasteiger partial charge on any atom is 0.161 e. The molecule has 0 amide bonds. The molecule has 0 aliphatic heterocycles. The number of rotatable bonds is 8. The second-order valence-electron chi connectivity index (χ2n) is 6.77. The molecule has 4 aromatic rings. The Morgan fingerprint density at radius 2 is 1.58 bits per heavy atom. The van der Waals surface area contributed by atoms with Crippen molar-refractivity contribution in [2.24, 2.45) is 5.16 Å². The van der Waals surface area contributed by atoms with E-state index in [0.29, 0.717) is 18.1 Å². The molecule has 1 heterocycles. The highest BCUT2D eigenvalue weighted by Gasteiger charge is 2.12. The van der Waals surface area contributed by atoms with Crippen molar-refractivity contribution in [1.82, 2.24) is 9.78 Å². The molecule has 0 aliphatic carbocycles. The van der Waals surface area contributed by atoms with E-state index in [9.17, 15) is 0 Å². The molecular weight excluding hydrogens is 390 g/mol. The average molecular weight is 413 g/mol. The monoisotopic (exact) mass is 413 g/mol. The normalized spacial score (nSPS) is 10.9. The minimum Gasteiger partial charge on any atom is -0.493 e. The summed E-state index contributed by atoms with van der Waals surface area (Å²) < 4.78 is 12.4. The molecule has 0 saturated carbocycles. The summed E-state index contributed by atoms with van der Waals surface area (Å²) in [6.45, 7) is 0.293. The first-order valence-corrected chi connectivity index (χ1v) is 9.85. The van der Waals surface area contributed by atoms with Crippen molar-refractivity contribution in [3.8, 4) is 28.4 Å². The van der Waals surface area contributed by atoms with Gasteiger partial charge in [0.05, 0.1) is 31.8 Å². The van der Waals surface area contributed by atoms with E-state index in [1.165, 1.54) is 0 Å². The van der Waals surface area contributed by atoms with Crippen molar-refractivity contribution in [1.29, 1.82) is 0 Å². The zero-order chi connectivity index (χ0) is 21.5. The van der Waals surface area contributed by atoms with Crippen LogP contribution < -0.4 is 9.47 Å². The summed E-state index contributed by atoms with van der Waals surface area (Å²) in [6, 6.07) is 25.6. The number of para-hydroxylation sites is 1. The van der Waals surface area contributed by atoms with Gasteiger partial charge in [0.25, 0.3) is 0 Å². The van der Waals surface area contributed by atoms with Gasteiger partial charge >= 0.3 is 0 Å². The van der Waals surface area contributed by atoms with E-state index in [1.54, 1.807) is 20.4 Å². The molecule has 1 aromatic heterocycles. The number of nitrogens with zero attached hydrogens (tertiary/aromatic N) is 3. The summed E-state index contributed by atoms with van der Waals surface area (Å²) in [5, 5.41) is 8.91. The molecule has 0 aliphatic rings. The summed E-state index contributed by atoms with van der Waals surface area (Å²) >= 11 is 0. The quantitative estimate of drug-likeness (QED) is 0.298. The summed E-state index contributed by atoms with van der Waals surface area (Å²) in [5.41, 5.74) is 4.67. The van der Waals surface area contributed by atoms with Gasteiger partial charge < -0.3 is 14.3 Å². The summed E-state index contributed by atoms with van der Waals surface area (Å²) in [5.74, 6) is 1.31. The third-order valence-corrected chi connectivity index (χ3v) is 4.76. The van der Waals surface area contributed by atoms with Crippen molar-refractivity contribution in [2.75, 3.05) is 14.2 Å². The zero-order valence-electron chi connectivity index (χ0n) is 17.4. The molecule has 6 nitrogen and oxygen atoms in total. The molecule has 0 N–H and O–H groups in total. The molecule has 156 valence electrons. The highest BCUT2D eigenvalue weighted by atomic mass is 16.6. The summed E-state index contributed by atoms with van der Waals surface area (Å²) in [6.07, 6.45) is 3.62. The first-order chi connectivity index (χ1) is 15.3. The van der Waals surface area contributed by atoms with Gasteiger partial charge in [0.15, 0.2) is 11.5 Å². The van der Waals surface area contributed by atoms with Crippen LogP contribution in [0.15, 0.2) is 90.2 Å². The topological polar surface area (TPSA) is 57.9 Å². The second kappa shape index (κ2) is 9.63. The van der Waals surface area contributed by atoms with Crippen LogP contribution in [-0.4, -0.2) is 30.2 Å². The molecule has 0 fully saturated rings. The van der Waals surface area contributed by atoms with Crippen LogP contribution in [0.4, 0.5) is 0 Å². The Morgan fingerprint density at radius 1 is 0.871 bits per heavy atom. The first kappa shape index (κ1) is 20.2. The number of hydrogen-bond donors (Lipinski definition) is 0. The minimum absolute atomic E-state index is 0.293. The van der Waals surface area contributed by atoms with E-state index in [-0.39, 0.29) is 0 Å². The number of oxime groups is 1. The fourth-order valence-corrected chi connectivity index (χ4v) is 3.21. The molecule has 0 unspecified atom stereocenters. The van der Waals surface area contributed by atoms with Crippen LogP contribution in [0.5, 0.6) is 11.5 Å². The van der Waals surface area contributed by atoms with Gasteiger partial charge in [0.1, 0.15) is 6.61 Å². The number of aromatic nitrogens is 2. The fourth-order valence-electron chi connectivity index (χ4n) is 3.21. The van der Waals surface area contributed by atoms with Gasteiger partial charge in [-0.15, -0.1) is 0 Å². The molecule has 0 bridgehead atoms. The van der Waals surface area contributed by atoms with Gasteiger partial charge in [0, 0.05) is 22.9 Å². The van der Waals surface area contributed by atoms with Crippen LogP contribution in [0, 0.1) is 0 Å². The smallest absolute Gasteiger partial charge is 0.161 e. The Morgan fingerprint density at radius 3 is 2.29 bits per heavy atom. The zero-order valence-corrected chi connectivity index (χ0v) is 17.4. The van der Waals surface area contributed by atoms with Crippen molar-refractivity contribution < 1.29 is 14.3 Å². The maximum absolute atomic E-state index is 5.61. The van der Waals surface area contributed by atoms with E-state index in [4.69, 9.17) is 19.4 Å². The average Bonchev–Trinajstić information content (AvgIpc) is 3.27. The van der Waals surface area contributed by atoms with E-state index < -0.39 is 0 Å². The molecule has 6 heteroatoms. The van der Waals surface area contributed by atoms with Gasteiger partial charge in [-0.05, 0) is 30.3 Å². The molecule has 31 heavy (non-hydrogen) atoms. The number of methoxy groups -OCH3 is 2. The maximum atomic E-state index is 5.61. The third kappa shape index (κ3) is 4.75. The SMILES string of the molecule is COc1ccc(/C=N\OCc2cn(-c3ccccc3)nc2-c2ccccc2)cc1OC. The van der Waals surface area contributed by atoms with E-state index in [2.05, 4.69) is 5.16 Å². The van der Waals surface area contributed by atoms with Crippen molar-refractivity contribution in [3.05, 3.63) is 96.2 Å². The molecule has 3 aromatic carbocycles. The van der Waals surface area contributed by atoms with Gasteiger partial charge in [-0.3, -0.25) is 0 Å². The fraction of sp³-hybridized carbons (Fsp3) is 0.120. The van der Waals surface area contributed by atoms with Crippen LogP contribution in [0.3, 0.4) is 0 Å². The largest absolute Gasteiger partial charge is 0.493 e. The Kier molecular flexibility index (Phi) is 6.28. The molecule has 0 saturated heterocycles. The number of benzene rings is 3. The molecule has 0 radical (unpaired) electrons. The van der Waals surface area contributed by atoms with Crippen molar-refractivity contribution in [3.63, 3.8) is 0 Å². The molecule has 4 rings (SSSR count). The predicted molar refractivity (Wildman–Crippen MR) is 121 cm³/mol. The van der Waals surface area contributed by atoms with Crippen molar-refractivity contribution in [2.45, 2.75) is 6.61 Å². The lowest BCUT2D eigenvalue weighted by atomic mass is 10.1. The van der Waals surface area contributed by atoms with Crippen molar-refractivity contribution >= 4 is 6.21 Å². The second-order valence-corrected chi connectivity index (χ2v) is 6.77. The Labute approximate surface area is 181 Å².